The molecular weight excluding hydrogens is 300 g/mol. The number of thiophene rings is 1. The minimum Gasteiger partial charge on any atom is -0.395 e. The highest BCUT2D eigenvalue weighted by Gasteiger charge is 2.19. The third kappa shape index (κ3) is 4.67. The van der Waals surface area contributed by atoms with E-state index in [0.29, 0.717) is 13.1 Å². The van der Waals surface area contributed by atoms with Crippen molar-refractivity contribution in [2.75, 3.05) is 26.2 Å². The third-order valence-electron chi connectivity index (χ3n) is 2.77. The molecule has 0 fully saturated rings. The zero-order valence-corrected chi connectivity index (χ0v) is 12.6. The quantitative estimate of drug-likeness (QED) is 0.774. The molecule has 98 valence electrons. The summed E-state index contributed by atoms with van der Waals surface area (Å²) >= 11 is 5.20. The summed E-state index contributed by atoms with van der Waals surface area (Å²) in [6, 6.07) is 4.40. The highest BCUT2D eigenvalue weighted by atomic mass is 79.9. The molecule has 1 heterocycles. The van der Waals surface area contributed by atoms with Crippen LogP contribution in [0.4, 0.5) is 0 Å². The van der Waals surface area contributed by atoms with E-state index in [4.69, 9.17) is 10.8 Å². The molecule has 5 heteroatoms. The van der Waals surface area contributed by atoms with E-state index >= 15 is 0 Å². The van der Waals surface area contributed by atoms with Gasteiger partial charge in [0.15, 0.2) is 0 Å². The largest absolute Gasteiger partial charge is 0.395 e. The van der Waals surface area contributed by atoms with Crippen molar-refractivity contribution in [1.29, 1.82) is 0 Å². The van der Waals surface area contributed by atoms with E-state index in [1.807, 2.05) is 0 Å². The molecule has 1 unspecified atom stereocenters. The molecule has 0 saturated carbocycles. The van der Waals surface area contributed by atoms with Crippen molar-refractivity contribution in [3.05, 3.63) is 20.8 Å². The van der Waals surface area contributed by atoms with E-state index in [0.717, 1.165) is 23.2 Å². The molecule has 0 aliphatic rings. The van der Waals surface area contributed by atoms with Gasteiger partial charge < -0.3 is 10.8 Å². The Morgan fingerprint density at radius 3 is 2.71 bits per heavy atom. The van der Waals surface area contributed by atoms with Crippen LogP contribution in [-0.4, -0.2) is 36.2 Å². The second-order valence-corrected chi connectivity index (χ2v) is 6.50. The molecule has 0 aliphatic heterocycles. The fraction of sp³-hybridized carbons (Fsp3) is 0.667. The Kier molecular flexibility index (Phi) is 7.30. The lowest BCUT2D eigenvalue weighted by atomic mass is 10.2. The SMILES string of the molecule is CCCCN(CCO)C(CN)c1ccc(Br)s1. The summed E-state index contributed by atoms with van der Waals surface area (Å²) in [5.41, 5.74) is 5.89. The van der Waals surface area contributed by atoms with E-state index in [2.05, 4.69) is 39.9 Å². The van der Waals surface area contributed by atoms with Gasteiger partial charge in [0, 0.05) is 18.0 Å². The normalized spacial score (nSPS) is 13.2. The molecule has 0 spiro atoms. The van der Waals surface area contributed by atoms with Gasteiger partial charge in [-0.25, -0.2) is 0 Å². The molecule has 0 aromatic carbocycles. The van der Waals surface area contributed by atoms with Gasteiger partial charge in [-0.15, -0.1) is 11.3 Å². The van der Waals surface area contributed by atoms with Gasteiger partial charge in [-0.1, -0.05) is 13.3 Å². The lowest BCUT2D eigenvalue weighted by Gasteiger charge is -2.29. The van der Waals surface area contributed by atoms with E-state index < -0.39 is 0 Å². The van der Waals surface area contributed by atoms with Crippen LogP contribution in [-0.2, 0) is 0 Å². The first-order chi connectivity index (χ1) is 8.22. The Labute approximate surface area is 116 Å². The molecule has 3 N–H and O–H groups in total. The van der Waals surface area contributed by atoms with E-state index in [9.17, 15) is 0 Å². The maximum absolute atomic E-state index is 9.14. The molecule has 0 amide bonds. The average molecular weight is 321 g/mol. The highest BCUT2D eigenvalue weighted by molar-refractivity contribution is 9.11. The van der Waals surface area contributed by atoms with Crippen LogP contribution in [0.2, 0.25) is 0 Å². The molecular formula is C12H21BrN2OS. The number of hydrogen-bond acceptors (Lipinski definition) is 4. The van der Waals surface area contributed by atoms with Gasteiger partial charge in [-0.2, -0.15) is 0 Å². The molecule has 1 rings (SSSR count). The summed E-state index contributed by atoms with van der Waals surface area (Å²) in [5.74, 6) is 0. The zero-order chi connectivity index (χ0) is 12.7. The van der Waals surface area contributed by atoms with Crippen molar-refractivity contribution in [3.63, 3.8) is 0 Å². The van der Waals surface area contributed by atoms with Gasteiger partial charge in [-0.05, 0) is 41.0 Å². The molecule has 0 aliphatic carbocycles. The second-order valence-electron chi connectivity index (χ2n) is 4.01. The smallest absolute Gasteiger partial charge is 0.0702 e. The molecule has 0 bridgehead atoms. The first-order valence-corrected chi connectivity index (χ1v) is 7.64. The van der Waals surface area contributed by atoms with Crippen LogP contribution in [0.15, 0.2) is 15.9 Å². The molecule has 1 aromatic rings. The first-order valence-electron chi connectivity index (χ1n) is 6.03. The monoisotopic (exact) mass is 320 g/mol. The Bertz CT molecular complexity index is 319. The second kappa shape index (κ2) is 8.21. The van der Waals surface area contributed by atoms with Crippen molar-refractivity contribution in [1.82, 2.24) is 4.90 Å². The van der Waals surface area contributed by atoms with Gasteiger partial charge in [-0.3, -0.25) is 4.90 Å². The first kappa shape index (κ1) is 15.1. The van der Waals surface area contributed by atoms with Gasteiger partial charge >= 0.3 is 0 Å². The molecule has 0 saturated heterocycles. The number of rotatable bonds is 8. The average Bonchev–Trinajstić information content (AvgIpc) is 2.73. The fourth-order valence-electron chi connectivity index (χ4n) is 1.87. The van der Waals surface area contributed by atoms with Crippen LogP contribution in [0.3, 0.4) is 0 Å². The van der Waals surface area contributed by atoms with Crippen LogP contribution in [0.5, 0.6) is 0 Å². The van der Waals surface area contributed by atoms with E-state index in [1.54, 1.807) is 11.3 Å². The fourth-order valence-corrected chi connectivity index (χ4v) is 3.44. The molecule has 3 nitrogen and oxygen atoms in total. The Balaban J connectivity index is 2.73. The van der Waals surface area contributed by atoms with Gasteiger partial charge in [0.05, 0.1) is 16.4 Å². The predicted octanol–water partition coefficient (Wildman–Crippen LogP) is 2.60. The minimum atomic E-state index is 0.187. The molecule has 0 radical (unpaired) electrons. The van der Waals surface area contributed by atoms with Crippen LogP contribution < -0.4 is 5.73 Å². The molecule has 1 atom stereocenters. The number of nitrogens with zero attached hydrogens (tertiary/aromatic N) is 1. The summed E-state index contributed by atoms with van der Waals surface area (Å²) in [7, 11) is 0. The van der Waals surface area contributed by atoms with Crippen molar-refractivity contribution in [2.45, 2.75) is 25.8 Å². The van der Waals surface area contributed by atoms with Crippen molar-refractivity contribution < 1.29 is 5.11 Å². The van der Waals surface area contributed by atoms with Crippen LogP contribution >= 0.6 is 27.3 Å². The Morgan fingerprint density at radius 2 is 2.24 bits per heavy atom. The minimum absolute atomic E-state index is 0.187. The molecule has 1 aromatic heterocycles. The summed E-state index contributed by atoms with van der Waals surface area (Å²) in [6.45, 7) is 4.64. The topological polar surface area (TPSA) is 49.5 Å². The van der Waals surface area contributed by atoms with Gasteiger partial charge in [0.25, 0.3) is 0 Å². The van der Waals surface area contributed by atoms with Crippen LogP contribution in [0.1, 0.15) is 30.7 Å². The predicted molar refractivity (Wildman–Crippen MR) is 77.4 cm³/mol. The van der Waals surface area contributed by atoms with Gasteiger partial charge in [0.2, 0.25) is 0 Å². The number of aliphatic hydroxyl groups excluding tert-OH is 1. The summed E-state index contributed by atoms with van der Waals surface area (Å²) in [6.07, 6.45) is 2.30. The summed E-state index contributed by atoms with van der Waals surface area (Å²) < 4.78 is 1.13. The van der Waals surface area contributed by atoms with Crippen LogP contribution in [0, 0.1) is 0 Å². The lowest BCUT2D eigenvalue weighted by Crippen LogP contribution is -2.36. The number of halogens is 1. The zero-order valence-electron chi connectivity index (χ0n) is 10.2. The Morgan fingerprint density at radius 1 is 1.47 bits per heavy atom. The van der Waals surface area contributed by atoms with Crippen molar-refractivity contribution >= 4 is 27.3 Å². The number of aliphatic hydroxyl groups is 1. The summed E-state index contributed by atoms with van der Waals surface area (Å²) in [5, 5.41) is 9.14. The van der Waals surface area contributed by atoms with Crippen molar-refractivity contribution in [2.24, 2.45) is 5.73 Å². The Hall–Kier alpha value is 0.0600. The maximum atomic E-state index is 9.14. The highest BCUT2D eigenvalue weighted by Crippen LogP contribution is 2.30. The number of hydrogen-bond donors (Lipinski definition) is 2. The van der Waals surface area contributed by atoms with Gasteiger partial charge in [0.1, 0.15) is 0 Å². The van der Waals surface area contributed by atoms with E-state index in [-0.39, 0.29) is 12.6 Å². The number of unbranched alkanes of at least 4 members (excludes halogenated alkanes) is 1. The summed E-state index contributed by atoms with van der Waals surface area (Å²) in [4.78, 5) is 3.55. The lowest BCUT2D eigenvalue weighted by molar-refractivity contribution is 0.153. The third-order valence-corrected chi connectivity index (χ3v) is 4.50. The standard InChI is InChI=1S/C12H21BrN2OS/c1-2-3-6-15(7-8-16)10(9-14)11-4-5-12(13)17-11/h4-5,10,16H,2-3,6-9,14H2,1H3. The van der Waals surface area contributed by atoms with Crippen LogP contribution in [0.25, 0.3) is 0 Å². The number of nitrogens with two attached hydrogens (primary N) is 1. The molecule has 17 heavy (non-hydrogen) atoms. The van der Waals surface area contributed by atoms with Crippen molar-refractivity contribution in [3.8, 4) is 0 Å². The van der Waals surface area contributed by atoms with E-state index in [1.165, 1.54) is 4.88 Å². The maximum Gasteiger partial charge on any atom is 0.0702 e.